The molecular formula is C17H14N8. The Bertz CT molecular complexity index is 1170. The zero-order chi connectivity index (χ0) is 16.8. The molecule has 8 nitrogen and oxygen atoms in total. The van der Waals surface area contributed by atoms with E-state index in [1.165, 1.54) is 0 Å². The van der Waals surface area contributed by atoms with Gasteiger partial charge in [0.1, 0.15) is 11.3 Å². The van der Waals surface area contributed by atoms with Crippen LogP contribution >= 0.6 is 0 Å². The molecule has 0 spiro atoms. The normalized spacial score (nSPS) is 11.5. The zero-order valence-corrected chi connectivity index (χ0v) is 13.1. The summed E-state index contributed by atoms with van der Waals surface area (Å²) in [6.45, 7) is 0.623. The maximum atomic E-state index is 6.17. The highest BCUT2D eigenvalue weighted by atomic mass is 15.3. The van der Waals surface area contributed by atoms with Crippen molar-refractivity contribution < 1.29 is 0 Å². The fraction of sp³-hybridized carbons (Fsp3) is 0.0588. The Kier molecular flexibility index (Phi) is 2.84. The van der Waals surface area contributed by atoms with Crippen LogP contribution in [0.3, 0.4) is 0 Å². The summed E-state index contributed by atoms with van der Waals surface area (Å²) in [5.41, 5.74) is 10.8. The van der Waals surface area contributed by atoms with Crippen molar-refractivity contribution in [3.63, 3.8) is 0 Å². The highest BCUT2D eigenvalue weighted by Gasteiger charge is 2.12. The van der Waals surface area contributed by atoms with E-state index in [2.05, 4.69) is 25.4 Å². The Morgan fingerprint density at radius 1 is 1.12 bits per heavy atom. The average Bonchev–Trinajstić information content (AvgIpc) is 3.36. The number of aromatic nitrogens is 7. The number of nitrogens with two attached hydrogens (primary N) is 1. The first kappa shape index (κ1) is 13.7. The van der Waals surface area contributed by atoms with E-state index in [0.717, 1.165) is 38.6 Å². The minimum atomic E-state index is 0.475. The highest BCUT2D eigenvalue weighted by molar-refractivity contribution is 6.08. The topological polar surface area (TPSA) is 114 Å². The molecule has 0 saturated carbocycles. The summed E-state index contributed by atoms with van der Waals surface area (Å²) in [5, 5.41) is 20.2. The molecule has 5 rings (SSSR count). The molecule has 0 unspecified atom stereocenters. The van der Waals surface area contributed by atoms with E-state index in [1.807, 2.05) is 41.3 Å². The van der Waals surface area contributed by atoms with Gasteiger partial charge in [-0.15, -0.1) is 0 Å². The number of aromatic amines is 2. The molecule has 8 heteroatoms. The molecule has 25 heavy (non-hydrogen) atoms. The third-order valence-electron chi connectivity index (χ3n) is 4.24. The van der Waals surface area contributed by atoms with Crippen molar-refractivity contribution in [1.29, 1.82) is 0 Å². The SMILES string of the molecule is Nc1nc2cc(-c3ccn[nH]3)ccc2c2nn(Cc3cn[nH]c3)cc12. The number of nitrogen functional groups attached to an aromatic ring is 1. The number of fused-ring (bicyclic) bond motifs is 3. The van der Waals surface area contributed by atoms with E-state index in [0.29, 0.717) is 12.4 Å². The molecule has 5 aromatic rings. The standard InChI is InChI=1S/C17H14N8/c18-17-13-9-25(8-10-6-20-21-7-10)24-16(13)12-2-1-11(5-15(12)22-17)14-3-4-19-23-14/h1-7,9H,8H2,(H2,18,22)(H,19,23)(H,20,21). The number of hydrogen-bond donors (Lipinski definition) is 3. The van der Waals surface area contributed by atoms with Gasteiger partial charge in [-0.3, -0.25) is 14.9 Å². The van der Waals surface area contributed by atoms with E-state index in [1.54, 1.807) is 12.4 Å². The van der Waals surface area contributed by atoms with Crippen LogP contribution in [0.5, 0.6) is 0 Å². The summed E-state index contributed by atoms with van der Waals surface area (Å²) in [4.78, 5) is 4.56. The van der Waals surface area contributed by atoms with Gasteiger partial charge in [-0.1, -0.05) is 6.07 Å². The van der Waals surface area contributed by atoms with Gasteiger partial charge >= 0.3 is 0 Å². The number of nitrogens with one attached hydrogen (secondary N) is 2. The molecule has 4 heterocycles. The maximum absolute atomic E-state index is 6.17. The number of hydrogen-bond acceptors (Lipinski definition) is 5. The molecular weight excluding hydrogens is 316 g/mol. The maximum Gasteiger partial charge on any atom is 0.135 e. The van der Waals surface area contributed by atoms with Crippen LogP contribution in [0.15, 0.2) is 49.1 Å². The molecule has 0 atom stereocenters. The first-order chi connectivity index (χ1) is 12.3. The second-order valence-corrected chi connectivity index (χ2v) is 5.89. The zero-order valence-electron chi connectivity index (χ0n) is 13.1. The van der Waals surface area contributed by atoms with E-state index in [4.69, 9.17) is 10.8 Å². The van der Waals surface area contributed by atoms with Gasteiger partial charge < -0.3 is 5.73 Å². The smallest absolute Gasteiger partial charge is 0.135 e. The van der Waals surface area contributed by atoms with Gasteiger partial charge in [0.2, 0.25) is 0 Å². The lowest BCUT2D eigenvalue weighted by Crippen LogP contribution is -1.98. The number of pyridine rings is 1. The molecule has 0 bridgehead atoms. The molecule has 4 N–H and O–H groups in total. The van der Waals surface area contributed by atoms with Crippen LogP contribution in [0.1, 0.15) is 5.56 Å². The van der Waals surface area contributed by atoms with Gasteiger partial charge in [0.15, 0.2) is 0 Å². The van der Waals surface area contributed by atoms with Crippen LogP contribution in [-0.4, -0.2) is 35.2 Å². The molecule has 0 radical (unpaired) electrons. The minimum absolute atomic E-state index is 0.475. The summed E-state index contributed by atoms with van der Waals surface area (Å²) < 4.78 is 1.86. The van der Waals surface area contributed by atoms with Crippen molar-refractivity contribution in [2.45, 2.75) is 6.54 Å². The van der Waals surface area contributed by atoms with Crippen molar-refractivity contribution in [2.75, 3.05) is 5.73 Å². The Morgan fingerprint density at radius 3 is 2.88 bits per heavy atom. The van der Waals surface area contributed by atoms with Crippen LogP contribution in [0, 0.1) is 0 Å². The first-order valence-electron chi connectivity index (χ1n) is 7.82. The van der Waals surface area contributed by atoms with Gasteiger partial charge in [-0.05, 0) is 18.2 Å². The fourth-order valence-electron chi connectivity index (χ4n) is 3.04. The minimum Gasteiger partial charge on any atom is -0.383 e. The molecule has 122 valence electrons. The number of H-pyrrole nitrogens is 2. The number of anilines is 1. The van der Waals surface area contributed by atoms with Crippen LogP contribution in [0.25, 0.3) is 33.1 Å². The molecule has 0 saturated heterocycles. The van der Waals surface area contributed by atoms with E-state index >= 15 is 0 Å². The summed E-state index contributed by atoms with van der Waals surface area (Å²) in [6.07, 6.45) is 7.28. The Morgan fingerprint density at radius 2 is 2.08 bits per heavy atom. The molecule has 0 aliphatic rings. The Balaban J connectivity index is 1.67. The molecule has 0 amide bonds. The second-order valence-electron chi connectivity index (χ2n) is 5.89. The highest BCUT2D eigenvalue weighted by Crippen LogP contribution is 2.29. The lowest BCUT2D eigenvalue weighted by Gasteiger charge is -2.03. The van der Waals surface area contributed by atoms with Gasteiger partial charge in [0, 0.05) is 35.1 Å². The van der Waals surface area contributed by atoms with Crippen molar-refractivity contribution in [3.05, 3.63) is 54.6 Å². The van der Waals surface area contributed by atoms with E-state index in [9.17, 15) is 0 Å². The van der Waals surface area contributed by atoms with Gasteiger partial charge in [-0.25, -0.2) is 4.98 Å². The van der Waals surface area contributed by atoms with Crippen molar-refractivity contribution >= 4 is 27.6 Å². The average molecular weight is 330 g/mol. The Hall–Kier alpha value is -3.68. The van der Waals surface area contributed by atoms with Crippen LogP contribution in [0.4, 0.5) is 5.82 Å². The van der Waals surface area contributed by atoms with Crippen LogP contribution < -0.4 is 5.73 Å². The summed E-state index contributed by atoms with van der Waals surface area (Å²) in [7, 11) is 0. The van der Waals surface area contributed by atoms with Crippen molar-refractivity contribution in [1.82, 2.24) is 35.2 Å². The molecule has 0 aliphatic heterocycles. The molecule has 0 fully saturated rings. The number of rotatable bonds is 3. The lowest BCUT2D eigenvalue weighted by molar-refractivity contribution is 0.696. The predicted molar refractivity (Wildman–Crippen MR) is 94.7 cm³/mol. The quantitative estimate of drug-likeness (QED) is 0.470. The number of nitrogens with zero attached hydrogens (tertiary/aromatic N) is 5. The summed E-state index contributed by atoms with van der Waals surface area (Å²) >= 11 is 0. The largest absolute Gasteiger partial charge is 0.383 e. The van der Waals surface area contributed by atoms with Crippen molar-refractivity contribution in [3.8, 4) is 11.3 Å². The van der Waals surface area contributed by atoms with Gasteiger partial charge in [-0.2, -0.15) is 15.3 Å². The van der Waals surface area contributed by atoms with Gasteiger partial charge in [0.25, 0.3) is 0 Å². The second kappa shape index (κ2) is 5.17. The van der Waals surface area contributed by atoms with E-state index < -0.39 is 0 Å². The Labute approximate surface area is 141 Å². The van der Waals surface area contributed by atoms with E-state index in [-0.39, 0.29) is 0 Å². The lowest BCUT2D eigenvalue weighted by atomic mass is 10.1. The van der Waals surface area contributed by atoms with Crippen LogP contribution in [-0.2, 0) is 6.54 Å². The third-order valence-corrected chi connectivity index (χ3v) is 4.24. The van der Waals surface area contributed by atoms with Crippen molar-refractivity contribution in [2.24, 2.45) is 0 Å². The molecule has 1 aromatic carbocycles. The monoisotopic (exact) mass is 330 g/mol. The number of benzene rings is 1. The third kappa shape index (κ3) is 2.23. The first-order valence-corrected chi connectivity index (χ1v) is 7.82. The summed E-state index contributed by atoms with van der Waals surface area (Å²) in [6, 6.07) is 7.97. The predicted octanol–water partition coefficient (Wildman–Crippen LogP) is 2.33. The van der Waals surface area contributed by atoms with Crippen LogP contribution in [0.2, 0.25) is 0 Å². The molecule has 0 aliphatic carbocycles. The van der Waals surface area contributed by atoms with Gasteiger partial charge in [0.05, 0.1) is 29.3 Å². The molecule has 4 aromatic heterocycles. The summed E-state index contributed by atoms with van der Waals surface area (Å²) in [5.74, 6) is 0.475. The fourth-order valence-corrected chi connectivity index (χ4v) is 3.04.